The number of thiophene rings is 1. The van der Waals surface area contributed by atoms with E-state index < -0.39 is 5.76 Å². The van der Waals surface area contributed by atoms with Crippen LogP contribution in [0.4, 0.5) is 5.69 Å². The molecule has 0 fully saturated rings. The molecule has 2 heterocycles. The van der Waals surface area contributed by atoms with Crippen LogP contribution in [0.3, 0.4) is 0 Å². The Morgan fingerprint density at radius 3 is 3.13 bits per heavy atom. The molecule has 1 atom stereocenters. The second-order valence-corrected chi connectivity index (χ2v) is 7.22. The standard InChI is InChI=1S/C17H16N2O3S/c1-9-2-5-14-10(6-9)7-15(23-14)16(20)18-11-3-4-13-12(8-11)19-17(21)22-13/h3-4,7-9H,2,5-6H2,1H3,(H,18,20)(H,19,21). The number of hydrogen-bond acceptors (Lipinski definition) is 4. The van der Waals surface area contributed by atoms with Crippen molar-refractivity contribution in [2.24, 2.45) is 5.92 Å². The minimum Gasteiger partial charge on any atom is -0.408 e. The highest BCUT2D eigenvalue weighted by molar-refractivity contribution is 7.14. The lowest BCUT2D eigenvalue weighted by Gasteiger charge is -2.16. The predicted octanol–water partition coefficient (Wildman–Crippen LogP) is 3.56. The Hall–Kier alpha value is -2.34. The van der Waals surface area contributed by atoms with E-state index in [9.17, 15) is 9.59 Å². The van der Waals surface area contributed by atoms with Crippen LogP contribution in [0.15, 0.2) is 33.5 Å². The summed E-state index contributed by atoms with van der Waals surface area (Å²) in [5.41, 5.74) is 3.01. The van der Waals surface area contributed by atoms with E-state index in [0.29, 0.717) is 22.7 Å². The summed E-state index contributed by atoms with van der Waals surface area (Å²) in [6, 6.07) is 7.12. The summed E-state index contributed by atoms with van der Waals surface area (Å²) in [7, 11) is 0. The lowest BCUT2D eigenvalue weighted by molar-refractivity contribution is 0.103. The Labute approximate surface area is 136 Å². The van der Waals surface area contributed by atoms with Gasteiger partial charge in [0.25, 0.3) is 5.91 Å². The number of benzene rings is 1. The van der Waals surface area contributed by atoms with Crippen LogP contribution in [0.25, 0.3) is 11.1 Å². The van der Waals surface area contributed by atoms with Gasteiger partial charge >= 0.3 is 5.76 Å². The number of aryl methyl sites for hydroxylation is 1. The van der Waals surface area contributed by atoms with E-state index in [1.54, 1.807) is 29.5 Å². The van der Waals surface area contributed by atoms with Crippen LogP contribution in [0, 0.1) is 5.92 Å². The Bertz CT molecular complexity index is 950. The number of amides is 1. The zero-order chi connectivity index (χ0) is 16.0. The summed E-state index contributed by atoms with van der Waals surface area (Å²) < 4.78 is 4.96. The zero-order valence-electron chi connectivity index (χ0n) is 12.6. The van der Waals surface area contributed by atoms with Gasteiger partial charge in [0.1, 0.15) is 0 Å². The highest BCUT2D eigenvalue weighted by Gasteiger charge is 2.20. The molecule has 1 aromatic carbocycles. The van der Waals surface area contributed by atoms with Crippen molar-refractivity contribution in [1.29, 1.82) is 0 Å². The highest BCUT2D eigenvalue weighted by Crippen LogP contribution is 2.32. The van der Waals surface area contributed by atoms with Gasteiger partial charge in [-0.05, 0) is 55.0 Å². The fraction of sp³-hybridized carbons (Fsp3) is 0.294. The molecule has 2 N–H and O–H groups in total. The first-order valence-corrected chi connectivity index (χ1v) is 8.46. The van der Waals surface area contributed by atoms with E-state index in [1.807, 2.05) is 6.07 Å². The van der Waals surface area contributed by atoms with Crippen molar-refractivity contribution in [2.75, 3.05) is 5.32 Å². The van der Waals surface area contributed by atoms with Crippen LogP contribution in [0.2, 0.25) is 0 Å². The third-order valence-corrected chi connectivity index (χ3v) is 5.47. The van der Waals surface area contributed by atoms with E-state index in [4.69, 9.17) is 4.42 Å². The van der Waals surface area contributed by atoms with Gasteiger partial charge in [-0.25, -0.2) is 4.79 Å². The molecule has 23 heavy (non-hydrogen) atoms. The molecular formula is C17H16N2O3S. The SMILES string of the molecule is CC1CCc2sc(C(=O)Nc3ccc4oc(=O)[nH]c4c3)cc2C1. The molecule has 1 amide bonds. The highest BCUT2D eigenvalue weighted by atomic mass is 32.1. The maximum absolute atomic E-state index is 12.5. The molecule has 2 aromatic heterocycles. The smallest absolute Gasteiger partial charge is 0.408 e. The lowest BCUT2D eigenvalue weighted by atomic mass is 9.90. The van der Waals surface area contributed by atoms with E-state index in [-0.39, 0.29) is 5.91 Å². The Morgan fingerprint density at radius 1 is 1.39 bits per heavy atom. The monoisotopic (exact) mass is 328 g/mol. The Balaban J connectivity index is 1.58. The van der Waals surface area contributed by atoms with Crippen molar-refractivity contribution < 1.29 is 9.21 Å². The van der Waals surface area contributed by atoms with Crippen molar-refractivity contribution in [3.8, 4) is 0 Å². The quantitative estimate of drug-likeness (QED) is 0.755. The summed E-state index contributed by atoms with van der Waals surface area (Å²) in [4.78, 5) is 28.3. The molecule has 0 aliphatic heterocycles. The fourth-order valence-corrected chi connectivity index (χ4v) is 4.14. The molecule has 6 heteroatoms. The molecule has 0 saturated carbocycles. The minimum absolute atomic E-state index is 0.109. The molecule has 3 aromatic rings. The van der Waals surface area contributed by atoms with Crippen LogP contribution in [-0.4, -0.2) is 10.9 Å². The van der Waals surface area contributed by atoms with Gasteiger partial charge in [-0.1, -0.05) is 6.92 Å². The van der Waals surface area contributed by atoms with Gasteiger partial charge < -0.3 is 9.73 Å². The summed E-state index contributed by atoms with van der Waals surface area (Å²) in [6.07, 6.45) is 3.32. The van der Waals surface area contributed by atoms with Gasteiger partial charge in [0.05, 0.1) is 10.4 Å². The van der Waals surface area contributed by atoms with Crippen LogP contribution < -0.4 is 11.1 Å². The molecule has 118 valence electrons. The number of oxazole rings is 1. The minimum atomic E-state index is -0.497. The third kappa shape index (κ3) is 2.70. The fourth-order valence-electron chi connectivity index (χ4n) is 3.04. The van der Waals surface area contributed by atoms with E-state index in [1.165, 1.54) is 16.9 Å². The number of rotatable bonds is 2. The maximum Gasteiger partial charge on any atom is 0.417 e. The van der Waals surface area contributed by atoms with E-state index in [2.05, 4.69) is 17.2 Å². The molecule has 0 saturated heterocycles. The number of carbonyl (C=O) groups is 1. The summed E-state index contributed by atoms with van der Waals surface area (Å²) in [5.74, 6) is 0.0825. The van der Waals surface area contributed by atoms with E-state index in [0.717, 1.165) is 17.7 Å². The second kappa shape index (κ2) is 5.38. The van der Waals surface area contributed by atoms with E-state index >= 15 is 0 Å². The van der Waals surface area contributed by atoms with Crippen LogP contribution in [0.1, 0.15) is 33.5 Å². The first kappa shape index (κ1) is 14.3. The summed E-state index contributed by atoms with van der Waals surface area (Å²) in [5, 5.41) is 2.89. The topological polar surface area (TPSA) is 75.1 Å². The van der Waals surface area contributed by atoms with Crippen molar-refractivity contribution in [1.82, 2.24) is 4.98 Å². The predicted molar refractivity (Wildman–Crippen MR) is 90.3 cm³/mol. The molecule has 1 unspecified atom stereocenters. The lowest BCUT2D eigenvalue weighted by Crippen LogP contribution is -2.10. The number of hydrogen-bond donors (Lipinski definition) is 2. The Kier molecular flexibility index (Phi) is 3.34. The largest absolute Gasteiger partial charge is 0.417 e. The molecule has 0 spiro atoms. The van der Waals surface area contributed by atoms with Gasteiger partial charge in [-0.15, -0.1) is 11.3 Å². The van der Waals surface area contributed by atoms with Gasteiger partial charge in [0, 0.05) is 10.6 Å². The van der Waals surface area contributed by atoms with Gasteiger partial charge in [-0.2, -0.15) is 0 Å². The third-order valence-electron chi connectivity index (χ3n) is 4.23. The Morgan fingerprint density at radius 2 is 2.26 bits per heavy atom. The van der Waals surface area contributed by atoms with Crippen LogP contribution in [0.5, 0.6) is 0 Å². The van der Waals surface area contributed by atoms with Crippen LogP contribution in [-0.2, 0) is 12.8 Å². The van der Waals surface area contributed by atoms with Crippen molar-refractivity contribution in [3.05, 3.63) is 50.1 Å². The van der Waals surface area contributed by atoms with Crippen molar-refractivity contribution in [3.63, 3.8) is 0 Å². The number of nitrogens with one attached hydrogen (secondary N) is 2. The molecule has 4 rings (SSSR count). The molecule has 0 radical (unpaired) electrons. The second-order valence-electron chi connectivity index (χ2n) is 6.09. The number of aromatic amines is 1. The first-order valence-electron chi connectivity index (χ1n) is 7.64. The number of H-pyrrole nitrogens is 1. The normalized spacial score (nSPS) is 17.2. The molecule has 1 aliphatic carbocycles. The van der Waals surface area contributed by atoms with Crippen LogP contribution >= 0.6 is 11.3 Å². The number of anilines is 1. The number of carbonyl (C=O) groups excluding carboxylic acids is 1. The van der Waals surface area contributed by atoms with Crippen molar-refractivity contribution >= 4 is 34.0 Å². The summed E-state index contributed by atoms with van der Waals surface area (Å²) in [6.45, 7) is 2.25. The molecule has 1 aliphatic rings. The number of aromatic nitrogens is 1. The number of fused-ring (bicyclic) bond motifs is 2. The zero-order valence-corrected chi connectivity index (χ0v) is 13.5. The average molecular weight is 328 g/mol. The van der Waals surface area contributed by atoms with Gasteiger partial charge in [0.2, 0.25) is 0 Å². The van der Waals surface area contributed by atoms with Crippen molar-refractivity contribution in [2.45, 2.75) is 26.2 Å². The average Bonchev–Trinajstić information content (AvgIpc) is 3.08. The summed E-state index contributed by atoms with van der Waals surface area (Å²) >= 11 is 1.58. The first-order chi connectivity index (χ1) is 11.1. The maximum atomic E-state index is 12.5. The molecule has 0 bridgehead atoms. The van der Waals surface area contributed by atoms with Gasteiger partial charge in [0.15, 0.2) is 5.58 Å². The molecular weight excluding hydrogens is 312 g/mol. The van der Waals surface area contributed by atoms with Gasteiger partial charge in [-0.3, -0.25) is 9.78 Å². The molecule has 5 nitrogen and oxygen atoms in total.